The number of rotatable bonds is 7. The molecule has 0 bridgehead atoms. The Bertz CT molecular complexity index is 1770. The maximum absolute atomic E-state index is 13.6. The van der Waals surface area contributed by atoms with Gasteiger partial charge in [-0.3, -0.25) is 4.68 Å². The van der Waals surface area contributed by atoms with Crippen LogP contribution in [0.2, 0.25) is 10.0 Å². The quantitative estimate of drug-likeness (QED) is 0.142. The lowest BCUT2D eigenvalue weighted by atomic mass is 10.0. The average Bonchev–Trinajstić information content (AvgIpc) is 3.67. The van der Waals surface area contributed by atoms with Gasteiger partial charge in [0.15, 0.2) is 6.20 Å². The molecule has 0 spiro atoms. The van der Waals surface area contributed by atoms with Crippen LogP contribution in [0.4, 0.5) is 4.39 Å². The molecule has 0 aliphatic carbocycles. The van der Waals surface area contributed by atoms with Gasteiger partial charge in [0.1, 0.15) is 12.4 Å². The monoisotopic (exact) mass is 572 g/mol. The highest BCUT2D eigenvalue weighted by Crippen LogP contribution is 2.31. The standard InChI is InChI=1S/C28H19Cl2FN8O/c29-22-5-1-18(2-6-22)11-27(37-15-21(14-34-37)19-4-10-28(31)32-13-19)26-8-3-20(16-39(26)40)24-12-23(30)7-9-25(24)38-17-33-35-36-38/h1-10,12-17,27H,11H2. The van der Waals surface area contributed by atoms with Crippen LogP contribution in [-0.4, -0.2) is 35.0 Å². The molecular weight excluding hydrogens is 554 g/mol. The van der Waals surface area contributed by atoms with Gasteiger partial charge in [0, 0.05) is 57.2 Å². The molecular formula is C28H19Cl2FN8O. The lowest BCUT2D eigenvalue weighted by Crippen LogP contribution is -2.36. The third kappa shape index (κ3) is 5.27. The molecule has 0 fully saturated rings. The van der Waals surface area contributed by atoms with Gasteiger partial charge in [0.05, 0.1) is 11.9 Å². The van der Waals surface area contributed by atoms with Crippen molar-refractivity contribution in [3.8, 4) is 27.9 Å². The highest BCUT2D eigenvalue weighted by atomic mass is 35.5. The van der Waals surface area contributed by atoms with E-state index >= 15 is 0 Å². The van der Waals surface area contributed by atoms with Crippen molar-refractivity contribution in [3.05, 3.63) is 130 Å². The molecule has 1 unspecified atom stereocenters. The summed E-state index contributed by atoms with van der Waals surface area (Å²) in [4.78, 5) is 3.73. The second-order valence-electron chi connectivity index (χ2n) is 9.01. The molecule has 6 rings (SSSR count). The molecule has 12 heteroatoms. The van der Waals surface area contributed by atoms with Crippen molar-refractivity contribution in [2.24, 2.45) is 0 Å². The zero-order valence-corrected chi connectivity index (χ0v) is 22.2. The molecule has 40 heavy (non-hydrogen) atoms. The second kappa shape index (κ2) is 10.8. The van der Waals surface area contributed by atoms with E-state index < -0.39 is 12.0 Å². The van der Waals surface area contributed by atoms with Gasteiger partial charge in [0.25, 0.3) is 0 Å². The van der Waals surface area contributed by atoms with E-state index in [4.69, 9.17) is 23.2 Å². The zero-order valence-electron chi connectivity index (χ0n) is 20.6. The van der Waals surface area contributed by atoms with Gasteiger partial charge in [-0.25, -0.2) is 4.98 Å². The zero-order chi connectivity index (χ0) is 27.6. The Morgan fingerprint density at radius 2 is 1.70 bits per heavy atom. The Balaban J connectivity index is 1.41. The van der Waals surface area contributed by atoms with Crippen molar-refractivity contribution in [1.82, 2.24) is 35.0 Å². The first-order valence-electron chi connectivity index (χ1n) is 12.1. The summed E-state index contributed by atoms with van der Waals surface area (Å²) in [6, 6.07) is 18.8. The highest BCUT2D eigenvalue weighted by Gasteiger charge is 2.25. The van der Waals surface area contributed by atoms with Crippen LogP contribution < -0.4 is 4.73 Å². The van der Waals surface area contributed by atoms with Crippen molar-refractivity contribution in [2.75, 3.05) is 0 Å². The minimum absolute atomic E-state index is 0.465. The minimum atomic E-state index is -0.563. The van der Waals surface area contributed by atoms with Gasteiger partial charge in [-0.1, -0.05) is 35.3 Å². The van der Waals surface area contributed by atoms with E-state index in [0.717, 1.165) is 15.9 Å². The van der Waals surface area contributed by atoms with Crippen LogP contribution >= 0.6 is 23.2 Å². The first-order valence-corrected chi connectivity index (χ1v) is 12.9. The van der Waals surface area contributed by atoms with Crippen molar-refractivity contribution in [1.29, 1.82) is 0 Å². The topological polar surface area (TPSA) is 101 Å². The van der Waals surface area contributed by atoms with Crippen LogP contribution in [0.15, 0.2) is 97.8 Å². The number of aromatic nitrogens is 8. The molecule has 0 saturated carbocycles. The number of halogens is 3. The summed E-state index contributed by atoms with van der Waals surface area (Å²) < 4.78 is 17.4. The number of pyridine rings is 2. The molecule has 4 aromatic heterocycles. The molecule has 0 aliphatic heterocycles. The number of hydrogen-bond acceptors (Lipinski definition) is 6. The molecule has 6 aromatic rings. The van der Waals surface area contributed by atoms with Crippen LogP contribution in [0.1, 0.15) is 17.3 Å². The smallest absolute Gasteiger partial charge is 0.217 e. The molecule has 9 nitrogen and oxygen atoms in total. The maximum Gasteiger partial charge on any atom is 0.217 e. The van der Waals surface area contributed by atoms with Crippen LogP contribution in [0.3, 0.4) is 0 Å². The number of hydrogen-bond donors (Lipinski definition) is 0. The Morgan fingerprint density at radius 3 is 2.42 bits per heavy atom. The summed E-state index contributed by atoms with van der Waals surface area (Å²) in [6.45, 7) is 0. The van der Waals surface area contributed by atoms with Crippen molar-refractivity contribution in [2.45, 2.75) is 12.5 Å². The SMILES string of the molecule is [O-][n+]1cc(-c2cc(Cl)ccc2-n2cnnn2)ccc1C(Cc1ccc(Cl)cc1)n1cc(-c2ccc(F)nc2)cn1. The van der Waals surface area contributed by atoms with Gasteiger partial charge in [0.2, 0.25) is 11.6 Å². The third-order valence-electron chi connectivity index (χ3n) is 6.48. The fourth-order valence-corrected chi connectivity index (χ4v) is 4.80. The molecule has 0 N–H and O–H groups in total. The Labute approximate surface area is 237 Å². The molecule has 1 atom stereocenters. The van der Waals surface area contributed by atoms with E-state index in [-0.39, 0.29) is 0 Å². The van der Waals surface area contributed by atoms with Crippen LogP contribution in [-0.2, 0) is 6.42 Å². The average molecular weight is 573 g/mol. The summed E-state index contributed by atoms with van der Waals surface area (Å²) in [6.07, 6.45) is 8.36. The van der Waals surface area contributed by atoms with Crippen LogP contribution in [0.5, 0.6) is 0 Å². The molecule has 0 saturated heterocycles. The fraction of sp³-hybridized carbons (Fsp3) is 0.0714. The van der Waals surface area contributed by atoms with Gasteiger partial charge >= 0.3 is 0 Å². The van der Waals surface area contributed by atoms with Crippen molar-refractivity contribution >= 4 is 23.2 Å². The molecule has 0 radical (unpaired) electrons. The van der Waals surface area contributed by atoms with E-state index in [2.05, 4.69) is 25.6 Å². The van der Waals surface area contributed by atoms with E-state index in [1.807, 2.05) is 24.4 Å². The highest BCUT2D eigenvalue weighted by molar-refractivity contribution is 6.31. The molecule has 2 aromatic carbocycles. The van der Waals surface area contributed by atoms with Gasteiger partial charge in [-0.15, -0.1) is 5.10 Å². The fourth-order valence-electron chi connectivity index (χ4n) is 4.50. The summed E-state index contributed by atoms with van der Waals surface area (Å²) in [5, 5.41) is 30.7. The van der Waals surface area contributed by atoms with E-state index in [9.17, 15) is 9.60 Å². The Kier molecular flexibility index (Phi) is 6.93. The van der Waals surface area contributed by atoms with Gasteiger partial charge in [-0.2, -0.15) is 18.9 Å². The van der Waals surface area contributed by atoms with Crippen LogP contribution in [0.25, 0.3) is 27.9 Å². The van der Waals surface area contributed by atoms with E-state index in [1.165, 1.54) is 29.5 Å². The Morgan fingerprint density at radius 1 is 0.900 bits per heavy atom. The number of tetrazole rings is 1. The molecule has 0 amide bonds. The lowest BCUT2D eigenvalue weighted by Gasteiger charge is -2.18. The predicted octanol–water partition coefficient (Wildman–Crippen LogP) is 5.50. The van der Waals surface area contributed by atoms with Crippen LogP contribution in [0, 0.1) is 11.2 Å². The largest absolute Gasteiger partial charge is 0.618 e. The molecule has 198 valence electrons. The molecule has 0 aliphatic rings. The molecule has 4 heterocycles. The lowest BCUT2D eigenvalue weighted by molar-refractivity contribution is -0.615. The summed E-state index contributed by atoms with van der Waals surface area (Å²) in [7, 11) is 0. The van der Waals surface area contributed by atoms with Gasteiger partial charge in [-0.05, 0) is 64.5 Å². The second-order valence-corrected chi connectivity index (χ2v) is 9.88. The van der Waals surface area contributed by atoms with Gasteiger partial charge < -0.3 is 5.21 Å². The minimum Gasteiger partial charge on any atom is -0.618 e. The third-order valence-corrected chi connectivity index (χ3v) is 6.96. The summed E-state index contributed by atoms with van der Waals surface area (Å²) in [5.74, 6) is -0.563. The number of nitrogens with zero attached hydrogens (tertiary/aromatic N) is 8. The first-order chi connectivity index (χ1) is 19.4. The van der Waals surface area contributed by atoms with Crippen molar-refractivity contribution in [3.63, 3.8) is 0 Å². The number of benzene rings is 2. The summed E-state index contributed by atoms with van der Waals surface area (Å²) >= 11 is 12.4. The maximum atomic E-state index is 13.6. The van der Waals surface area contributed by atoms with E-state index in [0.29, 0.717) is 44.5 Å². The first kappa shape index (κ1) is 25.6. The Hall–Kier alpha value is -4.67. The predicted molar refractivity (Wildman–Crippen MR) is 147 cm³/mol. The van der Waals surface area contributed by atoms with E-state index in [1.54, 1.807) is 53.3 Å². The van der Waals surface area contributed by atoms with Crippen molar-refractivity contribution < 1.29 is 9.12 Å². The normalized spacial score (nSPS) is 12.0. The summed E-state index contributed by atoms with van der Waals surface area (Å²) in [5.41, 5.74) is 4.88.